The minimum absolute atomic E-state index is 0.209. The van der Waals surface area contributed by atoms with E-state index in [0.29, 0.717) is 0 Å². The molecule has 0 spiro atoms. The Labute approximate surface area is 101 Å². The van der Waals surface area contributed by atoms with Gasteiger partial charge in [0.1, 0.15) is 0 Å². The second-order valence-electron chi connectivity index (χ2n) is 3.82. The molecule has 84 valence electrons. The van der Waals surface area contributed by atoms with Gasteiger partial charge in [-0.15, -0.1) is 0 Å². The van der Waals surface area contributed by atoms with Crippen molar-refractivity contribution in [3.8, 4) is 0 Å². The summed E-state index contributed by atoms with van der Waals surface area (Å²) in [6.07, 6.45) is 2.52. The maximum absolute atomic E-state index is 5.75. The van der Waals surface area contributed by atoms with Crippen LogP contribution in [0.4, 0.5) is 0 Å². The van der Waals surface area contributed by atoms with E-state index in [-0.39, 0.29) is 6.10 Å². The highest BCUT2D eigenvalue weighted by molar-refractivity contribution is 9.09. The lowest BCUT2D eigenvalue weighted by molar-refractivity contribution is 0.0638. The van der Waals surface area contributed by atoms with Gasteiger partial charge in [0.15, 0.2) is 0 Å². The zero-order valence-electron chi connectivity index (χ0n) is 9.50. The SMILES string of the molecule is Cc1ccc(C(C)OCCCCBr)cc1. The smallest absolute Gasteiger partial charge is 0.0796 e. The molecule has 15 heavy (non-hydrogen) atoms. The van der Waals surface area contributed by atoms with E-state index in [4.69, 9.17) is 4.74 Å². The number of hydrogen-bond donors (Lipinski definition) is 0. The minimum Gasteiger partial charge on any atom is -0.374 e. The second kappa shape index (κ2) is 7.02. The van der Waals surface area contributed by atoms with Crippen molar-refractivity contribution >= 4 is 15.9 Å². The first-order valence-electron chi connectivity index (χ1n) is 5.48. The van der Waals surface area contributed by atoms with Crippen LogP contribution in [0.1, 0.15) is 37.0 Å². The maximum atomic E-state index is 5.75. The molecule has 1 aromatic rings. The molecule has 2 heteroatoms. The highest BCUT2D eigenvalue weighted by Crippen LogP contribution is 2.17. The second-order valence-corrected chi connectivity index (χ2v) is 4.61. The Morgan fingerprint density at radius 2 is 1.87 bits per heavy atom. The average molecular weight is 271 g/mol. The molecule has 0 amide bonds. The Morgan fingerprint density at radius 1 is 1.20 bits per heavy atom. The molecule has 0 saturated heterocycles. The molecule has 0 saturated carbocycles. The summed E-state index contributed by atoms with van der Waals surface area (Å²) in [4.78, 5) is 0. The van der Waals surface area contributed by atoms with Crippen molar-refractivity contribution in [2.24, 2.45) is 0 Å². The minimum atomic E-state index is 0.209. The summed E-state index contributed by atoms with van der Waals surface area (Å²) in [6.45, 7) is 5.06. The van der Waals surface area contributed by atoms with Crippen molar-refractivity contribution < 1.29 is 4.74 Å². The summed E-state index contributed by atoms with van der Waals surface area (Å²) in [7, 11) is 0. The van der Waals surface area contributed by atoms with Gasteiger partial charge in [0.05, 0.1) is 6.10 Å². The van der Waals surface area contributed by atoms with Gasteiger partial charge in [-0.25, -0.2) is 0 Å². The zero-order valence-corrected chi connectivity index (χ0v) is 11.1. The predicted molar refractivity (Wildman–Crippen MR) is 68.6 cm³/mol. The van der Waals surface area contributed by atoms with E-state index in [1.165, 1.54) is 17.5 Å². The fourth-order valence-electron chi connectivity index (χ4n) is 1.39. The normalized spacial score (nSPS) is 12.7. The molecule has 0 N–H and O–H groups in total. The Morgan fingerprint density at radius 3 is 2.47 bits per heavy atom. The number of alkyl halides is 1. The lowest BCUT2D eigenvalue weighted by Gasteiger charge is -2.13. The largest absolute Gasteiger partial charge is 0.374 e. The summed E-state index contributed by atoms with van der Waals surface area (Å²) in [5, 5.41) is 1.06. The van der Waals surface area contributed by atoms with Gasteiger partial charge in [0.25, 0.3) is 0 Å². The van der Waals surface area contributed by atoms with Crippen LogP contribution in [0.15, 0.2) is 24.3 Å². The Balaban J connectivity index is 2.33. The van der Waals surface area contributed by atoms with E-state index in [0.717, 1.165) is 18.4 Å². The molecule has 0 radical (unpaired) electrons. The van der Waals surface area contributed by atoms with Crippen LogP contribution >= 0.6 is 15.9 Å². The van der Waals surface area contributed by atoms with Gasteiger partial charge in [-0.3, -0.25) is 0 Å². The molecular formula is C13H19BrO. The zero-order chi connectivity index (χ0) is 11.1. The molecule has 0 aliphatic rings. The van der Waals surface area contributed by atoms with Crippen LogP contribution < -0.4 is 0 Å². The summed E-state index contributed by atoms with van der Waals surface area (Å²) in [5.41, 5.74) is 2.56. The number of rotatable bonds is 6. The molecule has 1 unspecified atom stereocenters. The topological polar surface area (TPSA) is 9.23 Å². The van der Waals surface area contributed by atoms with E-state index in [1.54, 1.807) is 0 Å². The quantitative estimate of drug-likeness (QED) is 0.555. The average Bonchev–Trinajstić information content (AvgIpc) is 2.25. The molecule has 0 aliphatic heterocycles. The van der Waals surface area contributed by atoms with E-state index >= 15 is 0 Å². The van der Waals surface area contributed by atoms with Crippen LogP contribution in [-0.4, -0.2) is 11.9 Å². The summed E-state index contributed by atoms with van der Waals surface area (Å²) >= 11 is 3.41. The number of ether oxygens (including phenoxy) is 1. The summed E-state index contributed by atoms with van der Waals surface area (Å²) in [6, 6.07) is 8.55. The molecule has 1 aromatic carbocycles. The molecule has 0 bridgehead atoms. The van der Waals surface area contributed by atoms with Crippen LogP contribution in [0.5, 0.6) is 0 Å². The number of halogens is 1. The van der Waals surface area contributed by atoms with Crippen LogP contribution in [0, 0.1) is 6.92 Å². The van der Waals surface area contributed by atoms with Crippen molar-refractivity contribution in [1.29, 1.82) is 0 Å². The van der Waals surface area contributed by atoms with Crippen LogP contribution in [0.2, 0.25) is 0 Å². The highest BCUT2D eigenvalue weighted by atomic mass is 79.9. The third-order valence-corrected chi connectivity index (χ3v) is 3.00. The summed E-state index contributed by atoms with van der Waals surface area (Å²) in [5.74, 6) is 0. The molecule has 1 atom stereocenters. The van der Waals surface area contributed by atoms with Crippen LogP contribution in [0.25, 0.3) is 0 Å². The first-order valence-corrected chi connectivity index (χ1v) is 6.60. The first-order chi connectivity index (χ1) is 7.24. The molecular weight excluding hydrogens is 252 g/mol. The van der Waals surface area contributed by atoms with Crippen molar-refractivity contribution in [1.82, 2.24) is 0 Å². The van der Waals surface area contributed by atoms with Gasteiger partial charge in [-0.05, 0) is 32.3 Å². The van der Waals surface area contributed by atoms with Gasteiger partial charge in [0, 0.05) is 11.9 Å². The van der Waals surface area contributed by atoms with Gasteiger partial charge in [-0.2, -0.15) is 0 Å². The number of benzene rings is 1. The Kier molecular flexibility index (Phi) is 5.96. The van der Waals surface area contributed by atoms with E-state index in [1.807, 2.05) is 0 Å². The number of aryl methyl sites for hydroxylation is 1. The van der Waals surface area contributed by atoms with Crippen molar-refractivity contribution in [3.05, 3.63) is 35.4 Å². The van der Waals surface area contributed by atoms with Gasteiger partial charge >= 0.3 is 0 Å². The lowest BCUT2D eigenvalue weighted by Crippen LogP contribution is -2.01. The third-order valence-electron chi connectivity index (χ3n) is 2.44. The van der Waals surface area contributed by atoms with Gasteiger partial charge in [0.2, 0.25) is 0 Å². The molecule has 1 rings (SSSR count). The first kappa shape index (κ1) is 12.7. The van der Waals surface area contributed by atoms with Crippen molar-refractivity contribution in [2.75, 3.05) is 11.9 Å². The lowest BCUT2D eigenvalue weighted by atomic mass is 10.1. The molecule has 1 nitrogen and oxygen atoms in total. The van der Waals surface area contributed by atoms with Crippen molar-refractivity contribution in [3.63, 3.8) is 0 Å². The predicted octanol–water partition coefficient (Wildman–Crippen LogP) is 4.25. The molecule has 0 aliphatic carbocycles. The molecule has 0 fully saturated rings. The number of hydrogen-bond acceptors (Lipinski definition) is 1. The Hall–Kier alpha value is -0.340. The highest BCUT2D eigenvalue weighted by Gasteiger charge is 2.04. The van der Waals surface area contributed by atoms with Crippen molar-refractivity contribution in [2.45, 2.75) is 32.8 Å². The molecule has 0 heterocycles. The van der Waals surface area contributed by atoms with Gasteiger partial charge in [-0.1, -0.05) is 45.8 Å². The van der Waals surface area contributed by atoms with E-state index < -0.39 is 0 Å². The monoisotopic (exact) mass is 270 g/mol. The maximum Gasteiger partial charge on any atom is 0.0796 e. The fraction of sp³-hybridized carbons (Fsp3) is 0.538. The summed E-state index contributed by atoms with van der Waals surface area (Å²) < 4.78 is 5.75. The molecule has 0 aromatic heterocycles. The number of unbranched alkanes of at least 4 members (excludes halogenated alkanes) is 1. The van der Waals surface area contributed by atoms with E-state index in [2.05, 4.69) is 54.0 Å². The Bertz CT molecular complexity index is 268. The van der Waals surface area contributed by atoms with E-state index in [9.17, 15) is 0 Å². The standard InChI is InChI=1S/C13H19BrO/c1-11-5-7-13(8-6-11)12(2)15-10-4-3-9-14/h5-8,12H,3-4,9-10H2,1-2H3. The fourth-order valence-corrected chi connectivity index (χ4v) is 1.79. The van der Waals surface area contributed by atoms with Gasteiger partial charge < -0.3 is 4.74 Å². The third kappa shape index (κ3) is 4.80. The van der Waals surface area contributed by atoms with Crippen LogP contribution in [-0.2, 0) is 4.74 Å². The van der Waals surface area contributed by atoms with Crippen LogP contribution in [0.3, 0.4) is 0 Å².